The number of hydrogen-bond donors (Lipinski definition) is 0. The van der Waals surface area contributed by atoms with Crippen molar-refractivity contribution in [1.29, 1.82) is 0 Å². The highest BCUT2D eigenvalue weighted by Gasteiger charge is 2.23. The maximum absolute atomic E-state index is 12.1. The molecule has 0 N–H and O–H groups in total. The number of halogens is 1. The minimum atomic E-state index is -0.0342. The Morgan fingerprint density at radius 1 is 1.56 bits per heavy atom. The van der Waals surface area contributed by atoms with E-state index in [9.17, 15) is 4.79 Å². The molecular formula is C11H11ClN2OS. The predicted molar refractivity (Wildman–Crippen MR) is 68.3 cm³/mol. The van der Waals surface area contributed by atoms with Crippen LogP contribution in [0.5, 0.6) is 0 Å². The minimum Gasteiger partial charge on any atom is -0.286 e. The first-order valence-electron chi connectivity index (χ1n) is 4.88. The fourth-order valence-electron chi connectivity index (χ4n) is 1.57. The van der Waals surface area contributed by atoms with Crippen LogP contribution >= 0.6 is 23.4 Å². The van der Waals surface area contributed by atoms with E-state index in [0.717, 1.165) is 5.17 Å². The number of hydrogen-bond acceptors (Lipinski definition) is 3. The van der Waals surface area contributed by atoms with Gasteiger partial charge in [-0.25, -0.2) is 0 Å². The second-order valence-corrected chi connectivity index (χ2v) is 4.55. The molecule has 0 aromatic heterocycles. The molecule has 0 spiro atoms. The second-order valence-electron chi connectivity index (χ2n) is 3.34. The highest BCUT2D eigenvalue weighted by molar-refractivity contribution is 8.13. The molecule has 5 heteroatoms. The second kappa shape index (κ2) is 4.89. The number of amides is 1. The van der Waals surface area contributed by atoms with Gasteiger partial charge in [0, 0.05) is 17.1 Å². The Morgan fingerprint density at radius 2 is 2.38 bits per heavy atom. The van der Waals surface area contributed by atoms with E-state index in [-0.39, 0.29) is 5.91 Å². The third kappa shape index (κ3) is 2.23. The molecule has 1 aromatic rings. The van der Waals surface area contributed by atoms with Gasteiger partial charge < -0.3 is 0 Å². The molecule has 1 heterocycles. The Bertz CT molecular complexity index is 447. The van der Waals surface area contributed by atoms with Gasteiger partial charge in [-0.2, -0.15) is 0 Å². The van der Waals surface area contributed by atoms with E-state index in [4.69, 9.17) is 11.6 Å². The Hall–Kier alpha value is -1.00. The maximum atomic E-state index is 12.1. The molecule has 1 aliphatic heterocycles. The van der Waals surface area contributed by atoms with Crippen LogP contribution in [0.1, 0.15) is 10.4 Å². The summed E-state index contributed by atoms with van der Waals surface area (Å²) >= 11 is 7.35. The zero-order chi connectivity index (χ0) is 11.5. The first-order valence-corrected chi connectivity index (χ1v) is 6.48. The van der Waals surface area contributed by atoms with Gasteiger partial charge in [-0.3, -0.25) is 14.7 Å². The molecule has 0 fully saturated rings. The van der Waals surface area contributed by atoms with E-state index in [0.29, 0.717) is 23.7 Å². The quantitative estimate of drug-likeness (QED) is 0.772. The highest BCUT2D eigenvalue weighted by Crippen LogP contribution is 2.17. The van der Waals surface area contributed by atoms with Gasteiger partial charge in [-0.05, 0) is 24.5 Å². The molecule has 1 amide bonds. The van der Waals surface area contributed by atoms with Crippen molar-refractivity contribution in [1.82, 2.24) is 4.90 Å². The number of carbonyl (C=O) groups is 1. The number of nitrogens with zero attached hydrogens (tertiary/aromatic N) is 2. The standard InChI is InChI=1S/C11H11ClN2OS/c1-16-11-13-5-6-14(11)10(15)8-3-2-4-9(12)7-8/h2-4,7H,5-6H2,1H3. The average molecular weight is 255 g/mol. The van der Waals surface area contributed by atoms with Crippen LogP contribution in [0.3, 0.4) is 0 Å². The summed E-state index contributed by atoms with van der Waals surface area (Å²) in [6, 6.07) is 6.98. The zero-order valence-corrected chi connectivity index (χ0v) is 10.4. The number of rotatable bonds is 1. The molecule has 1 aromatic carbocycles. The van der Waals surface area contributed by atoms with Crippen molar-refractivity contribution in [3.8, 4) is 0 Å². The lowest BCUT2D eigenvalue weighted by Gasteiger charge is -2.16. The first kappa shape index (κ1) is 11.5. The summed E-state index contributed by atoms with van der Waals surface area (Å²) in [5.41, 5.74) is 0.608. The van der Waals surface area contributed by atoms with Crippen molar-refractivity contribution in [3.05, 3.63) is 34.9 Å². The smallest absolute Gasteiger partial charge is 0.259 e. The molecule has 3 nitrogen and oxygen atoms in total. The van der Waals surface area contributed by atoms with Crippen molar-refractivity contribution in [3.63, 3.8) is 0 Å². The maximum Gasteiger partial charge on any atom is 0.259 e. The largest absolute Gasteiger partial charge is 0.286 e. The molecule has 0 radical (unpaired) electrons. The predicted octanol–water partition coefficient (Wildman–Crippen LogP) is 2.51. The van der Waals surface area contributed by atoms with Gasteiger partial charge in [-0.1, -0.05) is 29.4 Å². The molecule has 0 aliphatic carbocycles. The minimum absolute atomic E-state index is 0.0342. The fourth-order valence-corrected chi connectivity index (χ4v) is 2.37. The lowest BCUT2D eigenvalue weighted by Crippen LogP contribution is -2.32. The van der Waals surface area contributed by atoms with Crippen molar-refractivity contribution >= 4 is 34.4 Å². The summed E-state index contributed by atoms with van der Waals surface area (Å²) in [4.78, 5) is 18.1. The van der Waals surface area contributed by atoms with E-state index < -0.39 is 0 Å². The van der Waals surface area contributed by atoms with Crippen molar-refractivity contribution in [2.75, 3.05) is 19.3 Å². The molecule has 2 rings (SSSR count). The summed E-state index contributed by atoms with van der Waals surface area (Å²) in [6.07, 6.45) is 1.92. The van der Waals surface area contributed by atoms with Crippen LogP contribution in [-0.4, -0.2) is 35.3 Å². The van der Waals surface area contributed by atoms with Gasteiger partial charge in [0.25, 0.3) is 5.91 Å². The fraction of sp³-hybridized carbons (Fsp3) is 0.273. The van der Waals surface area contributed by atoms with E-state index in [1.807, 2.05) is 6.26 Å². The third-order valence-corrected chi connectivity index (χ3v) is 3.25. The Labute approximate surface area is 103 Å². The van der Waals surface area contributed by atoms with E-state index in [1.165, 1.54) is 11.8 Å². The van der Waals surface area contributed by atoms with Crippen LogP contribution in [0, 0.1) is 0 Å². The number of benzene rings is 1. The van der Waals surface area contributed by atoms with Crippen LogP contribution in [0.2, 0.25) is 5.02 Å². The summed E-state index contributed by atoms with van der Waals surface area (Å²) in [5.74, 6) is -0.0342. The SMILES string of the molecule is CSC1=NCCN1C(=O)c1cccc(Cl)c1. The number of carbonyl (C=O) groups excluding carboxylic acids is 1. The summed E-state index contributed by atoms with van der Waals surface area (Å²) < 4.78 is 0. The molecule has 0 unspecified atom stereocenters. The van der Waals surface area contributed by atoms with Gasteiger partial charge in [0.2, 0.25) is 0 Å². The zero-order valence-electron chi connectivity index (χ0n) is 8.81. The number of aliphatic imine (C=N–C) groups is 1. The van der Waals surface area contributed by atoms with Crippen LogP contribution in [0.25, 0.3) is 0 Å². The van der Waals surface area contributed by atoms with Crippen LogP contribution < -0.4 is 0 Å². The van der Waals surface area contributed by atoms with Crippen molar-refractivity contribution in [2.45, 2.75) is 0 Å². The molecule has 84 valence electrons. The third-order valence-electron chi connectivity index (χ3n) is 2.30. The van der Waals surface area contributed by atoms with Crippen molar-refractivity contribution < 1.29 is 4.79 Å². The molecule has 0 saturated carbocycles. The highest BCUT2D eigenvalue weighted by atomic mass is 35.5. The number of amidine groups is 1. The molecule has 1 aliphatic rings. The Morgan fingerprint density at radius 3 is 3.06 bits per heavy atom. The van der Waals surface area contributed by atoms with Gasteiger partial charge in [0.1, 0.15) is 0 Å². The molecule has 16 heavy (non-hydrogen) atoms. The molecular weight excluding hydrogens is 244 g/mol. The van der Waals surface area contributed by atoms with Gasteiger partial charge in [0.15, 0.2) is 5.17 Å². The summed E-state index contributed by atoms with van der Waals surface area (Å²) in [5, 5.41) is 1.36. The van der Waals surface area contributed by atoms with Gasteiger partial charge in [0.05, 0.1) is 6.54 Å². The Balaban J connectivity index is 2.23. The number of thioether (sulfide) groups is 1. The normalized spacial score (nSPS) is 15.1. The van der Waals surface area contributed by atoms with E-state index in [2.05, 4.69) is 4.99 Å². The monoisotopic (exact) mass is 254 g/mol. The topological polar surface area (TPSA) is 32.7 Å². The molecule has 0 saturated heterocycles. The van der Waals surface area contributed by atoms with Crippen LogP contribution in [-0.2, 0) is 0 Å². The van der Waals surface area contributed by atoms with E-state index >= 15 is 0 Å². The summed E-state index contributed by atoms with van der Waals surface area (Å²) in [7, 11) is 0. The lowest BCUT2D eigenvalue weighted by molar-refractivity contribution is 0.0860. The molecule has 0 bridgehead atoms. The van der Waals surface area contributed by atoms with Gasteiger partial charge >= 0.3 is 0 Å². The van der Waals surface area contributed by atoms with E-state index in [1.54, 1.807) is 29.2 Å². The Kier molecular flexibility index (Phi) is 3.51. The molecule has 0 atom stereocenters. The van der Waals surface area contributed by atoms with Gasteiger partial charge in [-0.15, -0.1) is 0 Å². The lowest BCUT2D eigenvalue weighted by atomic mass is 10.2. The summed E-state index contributed by atoms with van der Waals surface area (Å²) in [6.45, 7) is 1.34. The average Bonchev–Trinajstić information content (AvgIpc) is 2.76. The first-order chi connectivity index (χ1) is 7.72. The van der Waals surface area contributed by atoms with Crippen LogP contribution in [0.4, 0.5) is 0 Å². The van der Waals surface area contributed by atoms with Crippen molar-refractivity contribution in [2.24, 2.45) is 4.99 Å². The van der Waals surface area contributed by atoms with Crippen LogP contribution in [0.15, 0.2) is 29.3 Å².